The molecule has 9 aromatic rings. The SMILES string of the molecule is C#Cc1ccc2c(c1)C(c1cc(C(=O)c3cncnc3N[C@@H]3C[C@H](COS(N)(=O)=O)[C@@H](C)C3)sc1C)OCC2.C#Cc1ccc2c(c1)C(c1cc(C(=O)c3cncnc3N[C@@H]3C[C@H](COS(N)(=O)=O)[C@@H](O)C3)sc1C)OCC2.Cc1sc(C(=O)c2cncnc2N[C@@H]2C[C@H](COS(N)(=O)=O)[C@@H](C)C2)cc1C1OCCc2ccc(C#C[Si](C)(C)C)cc21.O=CO[O-].O=[P+]([O-])OO.[H-].[HH].[K+].[K+]. The number of aliphatic hydroxyl groups excluding tert-OH is 1. The second kappa shape index (κ2) is 49.6. The van der Waals surface area contributed by atoms with Crippen molar-refractivity contribution in [2.45, 2.75) is 155 Å². The number of carbonyl (C=O) groups is 4. The van der Waals surface area contributed by atoms with Crippen molar-refractivity contribution >= 4 is 123 Å². The van der Waals surface area contributed by atoms with Crippen LogP contribution in [0.15, 0.2) is 110 Å². The predicted octanol–water partition coefficient (Wildman–Crippen LogP) is 3.57. The van der Waals surface area contributed by atoms with Gasteiger partial charge in [0.1, 0.15) is 62.8 Å². The Morgan fingerprint density at radius 2 is 0.871 bits per heavy atom. The topological polar surface area (TPSA) is 540 Å². The van der Waals surface area contributed by atoms with Crippen molar-refractivity contribution in [2.75, 3.05) is 55.6 Å². The molecule has 3 aromatic carbocycles. The number of hydrogen-bond acceptors (Lipinski definition) is 35. The van der Waals surface area contributed by atoms with Gasteiger partial charge in [0.2, 0.25) is 17.3 Å². The van der Waals surface area contributed by atoms with Crippen molar-refractivity contribution < 1.29 is 211 Å². The molecule has 132 heavy (non-hydrogen) atoms. The molecular formula is C87H101K2N12O23PS6Si. The van der Waals surface area contributed by atoms with Crippen molar-refractivity contribution in [3.05, 3.63) is 223 Å². The van der Waals surface area contributed by atoms with E-state index in [-0.39, 0.29) is 209 Å². The number of ketones is 3. The molecule has 9 heterocycles. The number of nitrogens with two attached hydrogens (primary N) is 3. The first-order valence-corrected chi connectivity index (χ1v) is 52.4. The smallest absolute Gasteiger partial charge is 1.00 e. The number of nitrogens with zero attached hydrogens (tertiary/aromatic N) is 6. The Morgan fingerprint density at radius 3 is 1.18 bits per heavy atom. The summed E-state index contributed by atoms with van der Waals surface area (Å²) in [6.45, 7) is 18.2. The molecular weight excluding hydrogens is 1910 g/mol. The van der Waals surface area contributed by atoms with E-state index in [4.69, 9.17) is 75.6 Å². The van der Waals surface area contributed by atoms with Gasteiger partial charge in [-0.15, -0.1) is 52.4 Å². The molecule has 3 fully saturated rings. The number of carbonyl (C=O) groups excluding carboxylic acids is 4. The van der Waals surface area contributed by atoms with Gasteiger partial charge in [-0.05, 0) is 211 Å². The van der Waals surface area contributed by atoms with Gasteiger partial charge in [0, 0.05) is 80.1 Å². The molecule has 3 aliphatic carbocycles. The van der Waals surface area contributed by atoms with Crippen LogP contribution in [0.5, 0.6) is 0 Å². The molecule has 0 radical (unpaired) electrons. The van der Waals surface area contributed by atoms with Crippen molar-refractivity contribution in [1.82, 2.24) is 29.9 Å². The molecule has 0 spiro atoms. The number of anilines is 3. The van der Waals surface area contributed by atoms with Crippen molar-refractivity contribution in [2.24, 2.45) is 45.0 Å². The van der Waals surface area contributed by atoms with Gasteiger partial charge in [0.15, 0.2) is 0 Å². The van der Waals surface area contributed by atoms with Crippen LogP contribution in [-0.2, 0) is 95.9 Å². The Kier molecular flexibility index (Phi) is 41.0. The van der Waals surface area contributed by atoms with Crippen LogP contribution in [0.3, 0.4) is 0 Å². The summed E-state index contributed by atoms with van der Waals surface area (Å²) >= 11 is 4.24. The molecule has 15 rings (SSSR count). The number of hydrogen-bond donors (Lipinski definition) is 8. The van der Waals surface area contributed by atoms with E-state index in [2.05, 4.69) is 127 Å². The number of fused-ring (bicyclic) bond motifs is 3. The summed E-state index contributed by atoms with van der Waals surface area (Å²) in [6, 6.07) is 23.8. The predicted molar refractivity (Wildman–Crippen MR) is 487 cm³/mol. The quantitative estimate of drug-likeness (QED) is 0.00730. The molecule has 0 amide bonds. The van der Waals surface area contributed by atoms with Crippen LogP contribution in [0, 0.1) is 86.5 Å². The third-order valence-corrected chi connectivity index (χ3v) is 28.2. The molecule has 11 N–H and O–H groups in total. The zero-order valence-corrected chi connectivity index (χ0v) is 87.0. The molecule has 6 aromatic heterocycles. The van der Waals surface area contributed by atoms with Crippen LogP contribution in [0.1, 0.15) is 201 Å². The summed E-state index contributed by atoms with van der Waals surface area (Å²) < 4.78 is 112. The van der Waals surface area contributed by atoms with Gasteiger partial charge in [-0.2, -0.15) is 25.3 Å². The fraction of sp³-hybridized carbons (Fsp3) is 0.402. The van der Waals surface area contributed by atoms with E-state index in [0.29, 0.717) is 94.3 Å². The van der Waals surface area contributed by atoms with Crippen LogP contribution in [-0.4, -0.2) is 161 Å². The summed E-state index contributed by atoms with van der Waals surface area (Å²) in [6.07, 6.45) is 24.4. The molecule has 4 unspecified atom stereocenters. The Morgan fingerprint density at radius 1 is 0.561 bits per heavy atom. The van der Waals surface area contributed by atoms with E-state index >= 15 is 0 Å². The van der Waals surface area contributed by atoms with E-state index in [1.54, 1.807) is 6.20 Å². The van der Waals surface area contributed by atoms with Gasteiger partial charge in [-0.25, -0.2) is 50.6 Å². The number of aliphatic hydroxyl groups is 1. The number of terminal acetylenes is 2. The number of thiophene rings is 3. The number of aromatic nitrogens is 6. The van der Waals surface area contributed by atoms with Crippen molar-refractivity contribution in [1.29, 1.82) is 0 Å². The summed E-state index contributed by atoms with van der Waals surface area (Å²) in [5.41, 5.74) is 16.7. The standard InChI is InChI=1S/C31H38N4O5S2Si.C28H30N4O5S2.C27H28N4O6S2.CH2O3.2K.HO4P.H2.H/c1-19-12-24(14-23(19)17-40-42(32,37)38)35-31-27(16-33-18-34-31)29(36)28-15-25(20(2)41-28)30-26-13-21(9-11-43(3,4)5)6-7-22(26)8-10-39-30;1-4-18-5-6-19-7-8-36-27(23(19)10-18)22-12-25(38-17(22)3)26(33)24-13-30-15-31-28(24)32-21-9-16(2)20(11-21)14-37-39(29,34)35;1-3-16-4-5-17-6-7-36-26(21(17)8-16)20-11-24(38-15(20)2)25(33)22-12-29-14-30-27(22)31-19-9-18(23(32)10-19)13-37-39(28,34)35;2-1-4-3;;;1-4-5(2)3;;/h6-7,13,15-16,18-19,23-24,30H,8,10,12,14,17H2,1-5H3,(H2,32,37,38)(H,33,34,35);1,5-6,10,12-13,15-16,20-21,27H,7-9,11,14H2,2-3H3,(H2,29,34,35)(H,30,31,32);1,4-5,8,11-12,14,18-19,23,26,32H,6-7,9-10,13H2,2H3,(H2,28,34,35)(H,29,30,31);1,3H;;;1H;1H;/q;;;;2*+1;;;-1/p-1/t19-,23+,24-,30?;16-,20+,21-,27?;18-,19-,23+,26?;;;;;;/m001....../s1. The van der Waals surface area contributed by atoms with Crippen molar-refractivity contribution in [3.8, 4) is 36.2 Å². The Bertz CT molecular complexity index is 5950. The minimum absolute atomic E-state index is 0. The number of ether oxygens (including phenoxy) is 3. The molecule has 13 atom stereocenters. The van der Waals surface area contributed by atoms with Gasteiger partial charge in [0.05, 0.1) is 77.1 Å². The van der Waals surface area contributed by atoms with E-state index in [0.717, 1.165) is 96.8 Å². The third-order valence-electron chi connectivity index (χ3n) is 22.6. The molecule has 3 saturated carbocycles. The first-order valence-electron chi connectivity index (χ1n) is 40.9. The van der Waals surface area contributed by atoms with Crippen LogP contribution >= 0.6 is 42.3 Å². The zero-order valence-electron chi connectivity index (χ0n) is 74.9. The molecule has 45 heteroatoms. The number of benzene rings is 3. The zero-order chi connectivity index (χ0) is 94.1. The van der Waals surface area contributed by atoms with Crippen molar-refractivity contribution in [3.63, 3.8) is 0 Å². The molecule has 6 aliphatic rings. The summed E-state index contributed by atoms with van der Waals surface area (Å²) in [4.78, 5) is 91.4. The fourth-order valence-corrected chi connectivity index (χ4v) is 21.0. The van der Waals surface area contributed by atoms with Crippen LogP contribution in [0.4, 0.5) is 17.5 Å². The second-order valence-corrected chi connectivity index (χ2v) is 45.6. The summed E-state index contributed by atoms with van der Waals surface area (Å²) in [5, 5.41) is 50.8. The number of aryl methyl sites for hydroxylation is 3. The fourth-order valence-electron chi connectivity index (χ4n) is 16.4. The maximum Gasteiger partial charge on any atom is 1.00 e. The van der Waals surface area contributed by atoms with Gasteiger partial charge < -0.3 is 51.7 Å². The van der Waals surface area contributed by atoms with Crippen LogP contribution in [0.25, 0.3) is 0 Å². The van der Waals surface area contributed by atoms with Gasteiger partial charge in [0.25, 0.3) is 6.47 Å². The van der Waals surface area contributed by atoms with Gasteiger partial charge in [-0.1, -0.05) is 69.4 Å². The Balaban J connectivity index is 0.000000258. The third kappa shape index (κ3) is 30.5. The van der Waals surface area contributed by atoms with E-state index < -0.39 is 59.3 Å². The minimum Gasteiger partial charge on any atom is -1.00 e. The first kappa shape index (κ1) is 109. The largest absolute Gasteiger partial charge is 1.00 e. The molecule has 694 valence electrons. The van der Waals surface area contributed by atoms with Gasteiger partial charge >= 0.3 is 142 Å². The molecule has 0 saturated heterocycles. The van der Waals surface area contributed by atoms with E-state index in [9.17, 15) is 44.7 Å². The van der Waals surface area contributed by atoms with Gasteiger partial charge in [-0.3, -0.25) is 31.7 Å². The molecule has 0 bridgehead atoms. The van der Waals surface area contributed by atoms with Crippen LogP contribution < -0.4 is 144 Å². The maximum absolute atomic E-state index is 13.8. The van der Waals surface area contributed by atoms with E-state index in [1.807, 2.05) is 83.1 Å². The monoisotopic (exact) mass is 2010 g/mol. The summed E-state index contributed by atoms with van der Waals surface area (Å²) in [5.74, 6) is 9.43. The maximum atomic E-state index is 13.8. The number of rotatable bonds is 26. The molecule has 3 aliphatic heterocycles. The molecule has 35 nitrogen and oxygen atoms in total. The summed E-state index contributed by atoms with van der Waals surface area (Å²) in [7, 11) is -16.6. The second-order valence-electron chi connectivity index (χ2n) is 32.8. The minimum atomic E-state index is -4.10. The Hall–Kier alpha value is -6.56. The van der Waals surface area contributed by atoms with E-state index in [1.165, 1.54) is 82.1 Å². The average Bonchev–Trinajstić information content (AvgIpc) is 1.58. The van der Waals surface area contributed by atoms with Crippen LogP contribution in [0.2, 0.25) is 19.6 Å². The Labute approximate surface area is 868 Å². The average molecular weight is 2010 g/mol. The number of nitrogens with one attached hydrogen (secondary N) is 3. The normalized spacial score (nSPS) is 21.2. The first-order chi connectivity index (χ1) is 61.7.